The summed E-state index contributed by atoms with van der Waals surface area (Å²) in [5.41, 5.74) is 2.53. The van der Waals surface area contributed by atoms with Crippen LogP contribution >= 0.6 is 0 Å². The molecule has 0 aliphatic carbocycles. The molecule has 1 N–H and O–H groups in total. The first-order valence-corrected chi connectivity index (χ1v) is 7.63. The van der Waals surface area contributed by atoms with Crippen molar-refractivity contribution in [3.05, 3.63) is 17.5 Å². The molecule has 4 nitrogen and oxygen atoms in total. The lowest BCUT2D eigenvalue weighted by molar-refractivity contribution is 0.167. The second-order valence-corrected chi connectivity index (χ2v) is 5.73. The Hall–Kier alpha value is -0.870. The number of nitrogens with zero attached hydrogens (tertiary/aromatic N) is 3. The average molecular weight is 264 g/mol. The zero-order chi connectivity index (χ0) is 13.8. The summed E-state index contributed by atoms with van der Waals surface area (Å²) in [5.74, 6) is 0. The average Bonchev–Trinajstić information content (AvgIpc) is 2.82. The van der Waals surface area contributed by atoms with Crippen LogP contribution in [0.4, 0.5) is 0 Å². The Labute approximate surface area is 117 Å². The van der Waals surface area contributed by atoms with Gasteiger partial charge in [0.05, 0.1) is 11.4 Å². The van der Waals surface area contributed by atoms with Gasteiger partial charge in [0.25, 0.3) is 0 Å². The lowest BCUT2D eigenvalue weighted by atomic mass is 9.99. The molecule has 2 rings (SSSR count). The summed E-state index contributed by atoms with van der Waals surface area (Å²) >= 11 is 0. The van der Waals surface area contributed by atoms with Gasteiger partial charge in [-0.2, -0.15) is 5.10 Å². The van der Waals surface area contributed by atoms with Gasteiger partial charge < -0.3 is 10.2 Å². The molecule has 0 aromatic carbocycles. The molecular formula is C15H28N4. The molecule has 0 spiro atoms. The zero-order valence-electron chi connectivity index (χ0n) is 12.8. The predicted molar refractivity (Wildman–Crippen MR) is 79.2 cm³/mol. The number of aromatic nitrogens is 2. The minimum atomic E-state index is 0.650. The Kier molecular flexibility index (Phi) is 4.99. The van der Waals surface area contributed by atoms with Crippen LogP contribution in [0.25, 0.3) is 0 Å². The van der Waals surface area contributed by atoms with Gasteiger partial charge in [0.15, 0.2) is 0 Å². The van der Waals surface area contributed by atoms with Gasteiger partial charge in [0, 0.05) is 25.2 Å². The van der Waals surface area contributed by atoms with E-state index in [1.165, 1.54) is 30.8 Å². The molecule has 0 bridgehead atoms. The van der Waals surface area contributed by atoms with Crippen LogP contribution in [0.2, 0.25) is 0 Å². The molecule has 1 aromatic heterocycles. The van der Waals surface area contributed by atoms with Gasteiger partial charge in [-0.05, 0) is 52.8 Å². The van der Waals surface area contributed by atoms with E-state index in [-0.39, 0.29) is 0 Å². The summed E-state index contributed by atoms with van der Waals surface area (Å²) in [5, 5.41) is 8.32. The Morgan fingerprint density at radius 2 is 2.21 bits per heavy atom. The summed E-state index contributed by atoms with van der Waals surface area (Å²) in [6.07, 6.45) is 3.52. The Morgan fingerprint density at radius 1 is 1.42 bits per heavy atom. The highest BCUT2D eigenvalue weighted by Gasteiger charge is 2.22. The second-order valence-electron chi connectivity index (χ2n) is 5.73. The van der Waals surface area contributed by atoms with Crippen LogP contribution in [0.3, 0.4) is 0 Å². The van der Waals surface area contributed by atoms with Gasteiger partial charge in [0.2, 0.25) is 0 Å². The maximum Gasteiger partial charge on any atom is 0.0625 e. The van der Waals surface area contributed by atoms with Crippen LogP contribution in [0.5, 0.6) is 0 Å². The molecule has 19 heavy (non-hydrogen) atoms. The Balaban J connectivity index is 1.90. The highest BCUT2D eigenvalue weighted by Crippen LogP contribution is 2.16. The van der Waals surface area contributed by atoms with Crippen molar-refractivity contribution in [2.75, 3.05) is 13.6 Å². The molecule has 108 valence electrons. The Bertz CT molecular complexity index is 399. The monoisotopic (exact) mass is 264 g/mol. The van der Waals surface area contributed by atoms with Gasteiger partial charge in [-0.1, -0.05) is 6.92 Å². The first kappa shape index (κ1) is 14.5. The smallest absolute Gasteiger partial charge is 0.0625 e. The first-order valence-electron chi connectivity index (χ1n) is 7.63. The van der Waals surface area contributed by atoms with Gasteiger partial charge in [-0.25, -0.2) is 0 Å². The SMILES string of the molecule is CCc1cc(CNC2CCN(C)C(C)C2)n(CC)n1. The first-order chi connectivity index (χ1) is 9.13. The van der Waals surface area contributed by atoms with Crippen LogP contribution in [0.1, 0.15) is 45.0 Å². The predicted octanol–water partition coefficient (Wildman–Crippen LogP) is 2.04. The van der Waals surface area contributed by atoms with E-state index in [0.717, 1.165) is 19.5 Å². The number of rotatable bonds is 5. The van der Waals surface area contributed by atoms with Crippen molar-refractivity contribution in [2.24, 2.45) is 0 Å². The van der Waals surface area contributed by atoms with E-state index in [9.17, 15) is 0 Å². The molecule has 0 amide bonds. The van der Waals surface area contributed by atoms with Crippen molar-refractivity contribution in [3.63, 3.8) is 0 Å². The van der Waals surface area contributed by atoms with Crippen molar-refractivity contribution < 1.29 is 0 Å². The molecule has 1 fully saturated rings. The quantitative estimate of drug-likeness (QED) is 0.883. The number of nitrogens with one attached hydrogen (secondary N) is 1. The van der Waals surface area contributed by atoms with Crippen LogP contribution in [-0.4, -0.2) is 40.4 Å². The maximum atomic E-state index is 4.61. The fourth-order valence-corrected chi connectivity index (χ4v) is 2.83. The van der Waals surface area contributed by atoms with E-state index in [1.807, 2.05) is 0 Å². The standard InChI is InChI=1S/C15H28N4/c1-5-13-10-15(19(6-2)17-13)11-16-14-7-8-18(4)12(3)9-14/h10,12,14,16H,5-9,11H2,1-4H3. The molecule has 1 saturated heterocycles. The largest absolute Gasteiger partial charge is 0.308 e. The van der Waals surface area contributed by atoms with Gasteiger partial charge in [-0.3, -0.25) is 4.68 Å². The molecule has 1 aliphatic heterocycles. The lowest BCUT2D eigenvalue weighted by Crippen LogP contribution is -2.45. The third-order valence-corrected chi connectivity index (χ3v) is 4.36. The summed E-state index contributed by atoms with van der Waals surface area (Å²) in [4.78, 5) is 2.45. The minimum absolute atomic E-state index is 0.650. The molecule has 2 heterocycles. The van der Waals surface area contributed by atoms with E-state index >= 15 is 0 Å². The highest BCUT2D eigenvalue weighted by molar-refractivity contribution is 5.10. The van der Waals surface area contributed by atoms with Crippen LogP contribution in [0.15, 0.2) is 6.07 Å². The van der Waals surface area contributed by atoms with Crippen molar-refractivity contribution in [2.45, 2.75) is 65.2 Å². The molecule has 2 atom stereocenters. The summed E-state index contributed by atoms with van der Waals surface area (Å²) in [6.45, 7) is 9.75. The maximum absolute atomic E-state index is 4.61. The Morgan fingerprint density at radius 3 is 2.84 bits per heavy atom. The van der Waals surface area contributed by atoms with Crippen molar-refractivity contribution in [3.8, 4) is 0 Å². The van der Waals surface area contributed by atoms with E-state index in [4.69, 9.17) is 0 Å². The molecule has 0 saturated carbocycles. The number of piperidine rings is 1. The number of hydrogen-bond acceptors (Lipinski definition) is 3. The third kappa shape index (κ3) is 3.57. The number of hydrogen-bond donors (Lipinski definition) is 1. The van der Waals surface area contributed by atoms with Gasteiger partial charge in [-0.15, -0.1) is 0 Å². The molecular weight excluding hydrogens is 236 g/mol. The van der Waals surface area contributed by atoms with Crippen LogP contribution < -0.4 is 5.32 Å². The fraction of sp³-hybridized carbons (Fsp3) is 0.800. The summed E-state index contributed by atoms with van der Waals surface area (Å²) in [6, 6.07) is 3.58. The second kappa shape index (κ2) is 6.53. The molecule has 1 aromatic rings. The van der Waals surface area contributed by atoms with Crippen molar-refractivity contribution in [1.82, 2.24) is 20.0 Å². The number of likely N-dealkylation sites (tertiary alicyclic amines) is 1. The third-order valence-electron chi connectivity index (χ3n) is 4.36. The van der Waals surface area contributed by atoms with E-state index in [1.54, 1.807) is 0 Å². The minimum Gasteiger partial charge on any atom is -0.308 e. The van der Waals surface area contributed by atoms with Gasteiger partial charge in [0.1, 0.15) is 0 Å². The lowest BCUT2D eigenvalue weighted by Gasteiger charge is -2.35. The summed E-state index contributed by atoms with van der Waals surface area (Å²) in [7, 11) is 2.22. The van der Waals surface area contributed by atoms with E-state index in [0.29, 0.717) is 12.1 Å². The van der Waals surface area contributed by atoms with Crippen LogP contribution in [0, 0.1) is 0 Å². The number of aryl methyl sites for hydroxylation is 2. The van der Waals surface area contributed by atoms with Gasteiger partial charge >= 0.3 is 0 Å². The van der Waals surface area contributed by atoms with E-state index < -0.39 is 0 Å². The normalized spacial score (nSPS) is 24.8. The molecule has 1 aliphatic rings. The van der Waals surface area contributed by atoms with Crippen LogP contribution in [-0.2, 0) is 19.5 Å². The molecule has 2 unspecified atom stereocenters. The van der Waals surface area contributed by atoms with Crippen molar-refractivity contribution >= 4 is 0 Å². The molecule has 0 radical (unpaired) electrons. The van der Waals surface area contributed by atoms with Crippen molar-refractivity contribution in [1.29, 1.82) is 0 Å². The fourth-order valence-electron chi connectivity index (χ4n) is 2.83. The topological polar surface area (TPSA) is 33.1 Å². The molecule has 4 heteroatoms. The summed E-state index contributed by atoms with van der Waals surface area (Å²) < 4.78 is 2.13. The van der Waals surface area contributed by atoms with E-state index in [2.05, 4.69) is 53.9 Å². The zero-order valence-corrected chi connectivity index (χ0v) is 12.8. The highest BCUT2D eigenvalue weighted by atomic mass is 15.3.